The lowest BCUT2D eigenvalue weighted by atomic mass is 10.2. The van der Waals surface area contributed by atoms with Crippen LogP contribution in [0.25, 0.3) is 0 Å². The van der Waals surface area contributed by atoms with Gasteiger partial charge in [-0.05, 0) is 42.8 Å². The van der Waals surface area contributed by atoms with Crippen molar-refractivity contribution >= 4 is 10.8 Å². The predicted octanol–water partition coefficient (Wildman–Crippen LogP) is 2.99. The van der Waals surface area contributed by atoms with Gasteiger partial charge in [0.05, 0.1) is 5.75 Å². The highest BCUT2D eigenvalue weighted by Gasteiger charge is 2.22. The normalized spacial score (nSPS) is 20.6. The first kappa shape index (κ1) is 13.9. The summed E-state index contributed by atoms with van der Waals surface area (Å²) >= 11 is 0. The summed E-state index contributed by atoms with van der Waals surface area (Å²) in [7, 11) is -0.703. The third kappa shape index (κ3) is 3.96. The van der Waals surface area contributed by atoms with Gasteiger partial charge in [-0.15, -0.1) is 0 Å². The van der Waals surface area contributed by atoms with Gasteiger partial charge in [0.15, 0.2) is 0 Å². The van der Waals surface area contributed by atoms with Crippen LogP contribution in [0.1, 0.15) is 17.5 Å². The Bertz CT molecular complexity index is 681. The molecule has 0 bridgehead atoms. The molecule has 106 valence electrons. The molecule has 1 fully saturated rings. The Kier molecular flexibility index (Phi) is 4.37. The Balaban J connectivity index is 1.64. The van der Waals surface area contributed by atoms with Gasteiger partial charge in [0.25, 0.3) is 0 Å². The molecule has 3 rings (SSSR count). The van der Waals surface area contributed by atoms with Crippen molar-refractivity contribution in [1.29, 1.82) is 0 Å². The summed E-state index contributed by atoms with van der Waals surface area (Å²) < 4.78 is 17.2. The monoisotopic (exact) mass is 296 g/mol. The first-order valence-electron chi connectivity index (χ1n) is 6.98. The summed E-state index contributed by atoms with van der Waals surface area (Å²) in [5.41, 5.74) is 1.97. The molecule has 2 atom stereocenters. The minimum Gasteiger partial charge on any atom is -0.489 e. The fourth-order valence-corrected chi connectivity index (χ4v) is 3.55. The maximum Gasteiger partial charge on any atom is 0.119 e. The van der Waals surface area contributed by atoms with Crippen molar-refractivity contribution in [3.8, 4) is 17.6 Å². The summed E-state index contributed by atoms with van der Waals surface area (Å²) in [6.07, 6.45) is 0.967. The fraction of sp³-hybridized carbons (Fsp3) is 0.222. The molecule has 0 aromatic heterocycles. The second kappa shape index (κ2) is 6.60. The van der Waals surface area contributed by atoms with E-state index in [0.717, 1.165) is 29.1 Å². The molecule has 0 amide bonds. The van der Waals surface area contributed by atoms with Crippen LogP contribution in [0.15, 0.2) is 54.6 Å². The van der Waals surface area contributed by atoms with Gasteiger partial charge in [-0.2, -0.15) is 0 Å². The van der Waals surface area contributed by atoms with Crippen LogP contribution in [0.2, 0.25) is 0 Å². The summed E-state index contributed by atoms with van der Waals surface area (Å²) in [6, 6.07) is 17.7. The summed E-state index contributed by atoms with van der Waals surface area (Å²) in [5.74, 6) is 8.49. The molecule has 1 aliphatic heterocycles. The SMILES string of the molecule is O=S1CCC(Oc2ccc(C#Cc3ccccc3)cc2)C1. The maximum atomic E-state index is 11.3. The van der Waals surface area contributed by atoms with Gasteiger partial charge < -0.3 is 4.74 Å². The standard InChI is InChI=1S/C18H16O2S/c19-21-13-12-18(14-21)20-17-10-8-16(9-11-17)7-6-15-4-2-1-3-5-15/h1-5,8-11,18H,12-14H2. The second-order valence-corrected chi connectivity index (χ2v) is 6.60. The average molecular weight is 296 g/mol. The number of ether oxygens (including phenoxy) is 1. The molecule has 0 aliphatic carbocycles. The Morgan fingerprint density at radius 3 is 2.24 bits per heavy atom. The molecular formula is C18H16O2S. The van der Waals surface area contributed by atoms with Crippen molar-refractivity contribution in [1.82, 2.24) is 0 Å². The highest BCUT2D eigenvalue weighted by molar-refractivity contribution is 7.85. The van der Waals surface area contributed by atoms with Crippen LogP contribution in [0, 0.1) is 11.8 Å². The van der Waals surface area contributed by atoms with E-state index in [1.807, 2.05) is 54.6 Å². The molecule has 1 aliphatic rings. The lowest BCUT2D eigenvalue weighted by Crippen LogP contribution is -2.16. The Morgan fingerprint density at radius 1 is 0.952 bits per heavy atom. The van der Waals surface area contributed by atoms with Gasteiger partial charge in [0.2, 0.25) is 0 Å². The molecule has 2 nitrogen and oxygen atoms in total. The summed E-state index contributed by atoms with van der Waals surface area (Å²) in [4.78, 5) is 0. The second-order valence-electron chi connectivity index (χ2n) is 4.98. The molecule has 2 aromatic carbocycles. The minimum atomic E-state index is -0.703. The first-order chi connectivity index (χ1) is 10.3. The maximum absolute atomic E-state index is 11.3. The molecule has 2 unspecified atom stereocenters. The molecule has 1 saturated heterocycles. The molecule has 0 spiro atoms. The zero-order chi connectivity index (χ0) is 14.5. The largest absolute Gasteiger partial charge is 0.489 e. The van der Waals surface area contributed by atoms with E-state index in [0.29, 0.717) is 5.75 Å². The zero-order valence-electron chi connectivity index (χ0n) is 11.6. The molecule has 21 heavy (non-hydrogen) atoms. The van der Waals surface area contributed by atoms with Crippen molar-refractivity contribution in [2.45, 2.75) is 12.5 Å². The van der Waals surface area contributed by atoms with E-state index in [2.05, 4.69) is 11.8 Å². The number of hydrogen-bond acceptors (Lipinski definition) is 2. The highest BCUT2D eigenvalue weighted by Crippen LogP contribution is 2.18. The third-order valence-electron chi connectivity index (χ3n) is 3.32. The lowest BCUT2D eigenvalue weighted by Gasteiger charge is -2.11. The van der Waals surface area contributed by atoms with Crippen LogP contribution >= 0.6 is 0 Å². The van der Waals surface area contributed by atoms with Crippen LogP contribution < -0.4 is 4.74 Å². The van der Waals surface area contributed by atoms with Crippen LogP contribution in [-0.2, 0) is 10.8 Å². The lowest BCUT2D eigenvalue weighted by molar-refractivity contribution is 0.229. The zero-order valence-corrected chi connectivity index (χ0v) is 12.4. The number of benzene rings is 2. The Hall–Kier alpha value is -2.05. The predicted molar refractivity (Wildman–Crippen MR) is 85.8 cm³/mol. The average Bonchev–Trinajstić information content (AvgIpc) is 2.93. The van der Waals surface area contributed by atoms with Gasteiger partial charge in [0, 0.05) is 27.7 Å². The smallest absolute Gasteiger partial charge is 0.119 e. The summed E-state index contributed by atoms with van der Waals surface area (Å²) in [6.45, 7) is 0. The number of hydrogen-bond donors (Lipinski definition) is 0. The van der Waals surface area contributed by atoms with Crippen molar-refractivity contribution in [3.05, 3.63) is 65.7 Å². The van der Waals surface area contributed by atoms with Gasteiger partial charge in [-0.3, -0.25) is 4.21 Å². The summed E-state index contributed by atoms with van der Waals surface area (Å²) in [5, 5.41) is 0. The van der Waals surface area contributed by atoms with E-state index in [9.17, 15) is 4.21 Å². The van der Waals surface area contributed by atoms with E-state index >= 15 is 0 Å². The number of rotatable bonds is 2. The van der Waals surface area contributed by atoms with Crippen molar-refractivity contribution in [2.24, 2.45) is 0 Å². The topological polar surface area (TPSA) is 26.3 Å². The van der Waals surface area contributed by atoms with Gasteiger partial charge in [-0.25, -0.2) is 0 Å². The van der Waals surface area contributed by atoms with Crippen LogP contribution in [0.5, 0.6) is 5.75 Å². The van der Waals surface area contributed by atoms with E-state index in [4.69, 9.17) is 4.74 Å². The molecule has 3 heteroatoms. The quantitative estimate of drug-likeness (QED) is 0.796. The fourth-order valence-electron chi connectivity index (χ4n) is 2.20. The van der Waals surface area contributed by atoms with Gasteiger partial charge >= 0.3 is 0 Å². The van der Waals surface area contributed by atoms with Crippen LogP contribution in [0.4, 0.5) is 0 Å². The van der Waals surface area contributed by atoms with Crippen molar-refractivity contribution < 1.29 is 8.95 Å². The molecular weight excluding hydrogens is 280 g/mol. The van der Waals surface area contributed by atoms with Crippen LogP contribution in [0.3, 0.4) is 0 Å². The van der Waals surface area contributed by atoms with Crippen molar-refractivity contribution in [3.63, 3.8) is 0 Å². The van der Waals surface area contributed by atoms with E-state index in [1.165, 1.54) is 0 Å². The first-order valence-corrected chi connectivity index (χ1v) is 8.47. The molecule has 0 radical (unpaired) electrons. The van der Waals surface area contributed by atoms with Gasteiger partial charge in [0.1, 0.15) is 11.9 Å². The molecule has 1 heterocycles. The van der Waals surface area contributed by atoms with E-state index < -0.39 is 10.8 Å². The Labute approximate surface area is 127 Å². The van der Waals surface area contributed by atoms with E-state index in [-0.39, 0.29) is 6.10 Å². The third-order valence-corrected chi connectivity index (χ3v) is 4.76. The van der Waals surface area contributed by atoms with Crippen LogP contribution in [-0.4, -0.2) is 21.8 Å². The molecule has 2 aromatic rings. The molecule has 0 N–H and O–H groups in total. The minimum absolute atomic E-state index is 0.0899. The van der Waals surface area contributed by atoms with Gasteiger partial charge in [-0.1, -0.05) is 30.0 Å². The van der Waals surface area contributed by atoms with E-state index in [1.54, 1.807) is 0 Å². The highest BCUT2D eigenvalue weighted by atomic mass is 32.2. The molecule has 0 saturated carbocycles. The Morgan fingerprint density at radius 2 is 1.62 bits per heavy atom. The van der Waals surface area contributed by atoms with Crippen molar-refractivity contribution in [2.75, 3.05) is 11.5 Å².